The van der Waals surface area contributed by atoms with Crippen LogP contribution in [-0.4, -0.2) is 30.4 Å². The Morgan fingerprint density at radius 1 is 1.56 bits per heavy atom. The van der Waals surface area contributed by atoms with Gasteiger partial charge in [0.1, 0.15) is 5.82 Å². The molecule has 0 radical (unpaired) electrons. The molecular formula is C12H14FNOS. The molecule has 1 aromatic rings. The number of thioether (sulfide) groups is 1. The second-order valence-electron chi connectivity index (χ2n) is 3.91. The second-order valence-corrected chi connectivity index (χ2v) is 5.06. The summed E-state index contributed by atoms with van der Waals surface area (Å²) in [5.41, 5.74) is 0.907. The number of carbonyl (C=O) groups is 1. The summed E-state index contributed by atoms with van der Waals surface area (Å²) in [6, 6.07) is 4.93. The summed E-state index contributed by atoms with van der Waals surface area (Å²) in [6.45, 7) is 2.86. The molecule has 1 atom stereocenters. The number of anilines is 1. The van der Waals surface area contributed by atoms with E-state index in [2.05, 4.69) is 6.92 Å². The molecule has 1 aliphatic rings. The molecule has 0 aliphatic carbocycles. The van der Waals surface area contributed by atoms with E-state index in [9.17, 15) is 9.18 Å². The first-order chi connectivity index (χ1) is 7.74. The molecular weight excluding hydrogens is 225 g/mol. The Bertz CT molecular complexity index is 397. The van der Waals surface area contributed by atoms with E-state index in [0.717, 1.165) is 24.3 Å². The number of halogens is 1. The maximum absolute atomic E-state index is 13.8. The second kappa shape index (κ2) is 4.87. The predicted octanol–water partition coefficient (Wildman–Crippen LogP) is 2.58. The van der Waals surface area contributed by atoms with Crippen molar-refractivity contribution in [3.05, 3.63) is 29.6 Å². The Kier molecular flexibility index (Phi) is 3.49. The van der Waals surface area contributed by atoms with Gasteiger partial charge in [0.15, 0.2) is 6.29 Å². The van der Waals surface area contributed by atoms with Gasteiger partial charge in [-0.05, 0) is 19.1 Å². The minimum Gasteiger partial charge on any atom is -0.364 e. The first kappa shape index (κ1) is 11.5. The van der Waals surface area contributed by atoms with Crippen molar-refractivity contribution in [3.63, 3.8) is 0 Å². The lowest BCUT2D eigenvalue weighted by atomic mass is 10.1. The van der Waals surface area contributed by atoms with E-state index in [1.54, 1.807) is 12.1 Å². The van der Waals surface area contributed by atoms with Gasteiger partial charge < -0.3 is 4.90 Å². The van der Waals surface area contributed by atoms with Crippen LogP contribution in [-0.2, 0) is 0 Å². The van der Waals surface area contributed by atoms with Crippen molar-refractivity contribution in [2.45, 2.75) is 13.0 Å². The van der Waals surface area contributed by atoms with Crippen LogP contribution in [0.15, 0.2) is 18.2 Å². The smallest absolute Gasteiger partial charge is 0.152 e. The van der Waals surface area contributed by atoms with Crippen LogP contribution in [0, 0.1) is 5.82 Å². The molecule has 0 saturated carbocycles. The number of rotatable bonds is 2. The van der Waals surface area contributed by atoms with Crippen molar-refractivity contribution in [2.24, 2.45) is 0 Å². The van der Waals surface area contributed by atoms with E-state index in [0.29, 0.717) is 11.3 Å². The van der Waals surface area contributed by atoms with Gasteiger partial charge in [-0.1, -0.05) is 6.07 Å². The van der Waals surface area contributed by atoms with Crippen LogP contribution in [0.2, 0.25) is 0 Å². The van der Waals surface area contributed by atoms with Crippen LogP contribution in [0.25, 0.3) is 0 Å². The van der Waals surface area contributed by atoms with Crippen LogP contribution >= 0.6 is 11.8 Å². The van der Waals surface area contributed by atoms with Crippen molar-refractivity contribution in [3.8, 4) is 0 Å². The number of carbonyl (C=O) groups excluding carboxylic acids is 1. The fourth-order valence-corrected chi connectivity index (χ4v) is 3.00. The highest BCUT2D eigenvalue weighted by molar-refractivity contribution is 7.99. The molecule has 0 bridgehead atoms. The highest BCUT2D eigenvalue weighted by atomic mass is 32.2. The first-order valence-electron chi connectivity index (χ1n) is 5.32. The molecule has 1 heterocycles. The van der Waals surface area contributed by atoms with Gasteiger partial charge in [-0.15, -0.1) is 0 Å². The maximum atomic E-state index is 13.8. The van der Waals surface area contributed by atoms with Gasteiger partial charge in [-0.2, -0.15) is 11.8 Å². The van der Waals surface area contributed by atoms with Gasteiger partial charge in [0, 0.05) is 29.7 Å². The number of hydrogen-bond donors (Lipinski definition) is 0. The lowest BCUT2D eigenvalue weighted by Crippen LogP contribution is -2.41. The first-order valence-corrected chi connectivity index (χ1v) is 6.47. The van der Waals surface area contributed by atoms with Crippen LogP contribution < -0.4 is 4.90 Å². The largest absolute Gasteiger partial charge is 0.364 e. The van der Waals surface area contributed by atoms with Gasteiger partial charge in [0.05, 0.1) is 5.69 Å². The average molecular weight is 239 g/mol. The molecule has 1 aromatic carbocycles. The highest BCUT2D eigenvalue weighted by Gasteiger charge is 2.23. The van der Waals surface area contributed by atoms with Gasteiger partial charge in [0.25, 0.3) is 0 Å². The van der Waals surface area contributed by atoms with Crippen molar-refractivity contribution in [2.75, 3.05) is 23.0 Å². The van der Waals surface area contributed by atoms with Crippen molar-refractivity contribution < 1.29 is 9.18 Å². The predicted molar refractivity (Wildman–Crippen MR) is 65.9 cm³/mol. The minimum absolute atomic E-state index is 0.273. The maximum Gasteiger partial charge on any atom is 0.152 e. The lowest BCUT2D eigenvalue weighted by molar-refractivity contribution is 0.112. The quantitative estimate of drug-likeness (QED) is 0.740. The van der Waals surface area contributed by atoms with Crippen molar-refractivity contribution in [1.82, 2.24) is 0 Å². The fraction of sp³-hybridized carbons (Fsp3) is 0.417. The number of para-hydroxylation sites is 1. The molecule has 0 amide bonds. The molecule has 0 spiro atoms. The zero-order valence-corrected chi connectivity index (χ0v) is 9.97. The molecule has 0 aromatic heterocycles. The number of benzene rings is 1. The monoisotopic (exact) mass is 239 g/mol. The van der Waals surface area contributed by atoms with E-state index in [1.807, 2.05) is 16.7 Å². The summed E-state index contributed by atoms with van der Waals surface area (Å²) in [7, 11) is 0. The molecule has 0 N–H and O–H groups in total. The number of hydrogen-bond acceptors (Lipinski definition) is 3. The summed E-state index contributed by atoms with van der Waals surface area (Å²) in [4.78, 5) is 12.9. The van der Waals surface area contributed by atoms with Crippen molar-refractivity contribution >= 4 is 23.7 Å². The molecule has 2 nitrogen and oxygen atoms in total. The number of aldehydes is 1. The third-order valence-electron chi connectivity index (χ3n) is 2.80. The van der Waals surface area contributed by atoms with E-state index < -0.39 is 0 Å². The topological polar surface area (TPSA) is 20.3 Å². The molecule has 1 saturated heterocycles. The Balaban J connectivity index is 2.41. The van der Waals surface area contributed by atoms with Gasteiger partial charge in [0.2, 0.25) is 0 Å². The summed E-state index contributed by atoms with van der Waals surface area (Å²) < 4.78 is 13.8. The van der Waals surface area contributed by atoms with Crippen LogP contribution in [0.1, 0.15) is 17.3 Å². The average Bonchev–Trinajstić information content (AvgIpc) is 2.30. The van der Waals surface area contributed by atoms with Crippen LogP contribution in [0.4, 0.5) is 10.1 Å². The highest BCUT2D eigenvalue weighted by Crippen LogP contribution is 2.28. The van der Waals surface area contributed by atoms with E-state index in [-0.39, 0.29) is 11.9 Å². The van der Waals surface area contributed by atoms with Crippen LogP contribution in [0.5, 0.6) is 0 Å². The third-order valence-corrected chi connectivity index (χ3v) is 3.99. The molecule has 16 heavy (non-hydrogen) atoms. The normalized spacial score (nSPS) is 20.9. The summed E-state index contributed by atoms with van der Waals surface area (Å²) in [5, 5.41) is 0. The SMILES string of the molecule is CC1CSCCN1c1c(F)cccc1C=O. The zero-order valence-electron chi connectivity index (χ0n) is 9.15. The van der Waals surface area contributed by atoms with Crippen molar-refractivity contribution in [1.29, 1.82) is 0 Å². The third kappa shape index (κ3) is 2.07. The standard InChI is InChI=1S/C12H14FNOS/c1-9-8-16-6-5-14(9)12-10(7-15)3-2-4-11(12)13/h2-4,7,9H,5-6,8H2,1H3. The van der Waals surface area contributed by atoms with Gasteiger partial charge >= 0.3 is 0 Å². The zero-order chi connectivity index (χ0) is 11.5. The lowest BCUT2D eigenvalue weighted by Gasteiger charge is -2.35. The van der Waals surface area contributed by atoms with Gasteiger partial charge in [-0.3, -0.25) is 4.79 Å². The molecule has 1 fully saturated rings. The minimum atomic E-state index is -0.302. The Labute approximate surface area is 98.8 Å². The molecule has 4 heteroatoms. The summed E-state index contributed by atoms with van der Waals surface area (Å²) in [5.74, 6) is 1.66. The van der Waals surface area contributed by atoms with E-state index >= 15 is 0 Å². The number of nitrogens with zero attached hydrogens (tertiary/aromatic N) is 1. The summed E-state index contributed by atoms with van der Waals surface area (Å²) >= 11 is 1.87. The molecule has 1 aliphatic heterocycles. The Hall–Kier alpha value is -1.03. The molecule has 86 valence electrons. The van der Waals surface area contributed by atoms with E-state index in [4.69, 9.17) is 0 Å². The van der Waals surface area contributed by atoms with Gasteiger partial charge in [-0.25, -0.2) is 4.39 Å². The van der Waals surface area contributed by atoms with Crippen LogP contribution in [0.3, 0.4) is 0 Å². The Morgan fingerprint density at radius 3 is 3.06 bits per heavy atom. The molecule has 2 rings (SSSR count). The van der Waals surface area contributed by atoms with E-state index in [1.165, 1.54) is 6.07 Å². The Morgan fingerprint density at radius 2 is 2.38 bits per heavy atom. The fourth-order valence-electron chi connectivity index (χ4n) is 1.99. The molecule has 1 unspecified atom stereocenters. The summed E-state index contributed by atoms with van der Waals surface area (Å²) in [6.07, 6.45) is 0.729.